The van der Waals surface area contributed by atoms with Crippen LogP contribution in [-0.4, -0.2) is 35.0 Å². The molecule has 1 aromatic rings. The van der Waals surface area contributed by atoms with Crippen LogP contribution in [0.15, 0.2) is 30.3 Å². The zero-order valence-corrected chi connectivity index (χ0v) is 13.0. The molecule has 0 aromatic heterocycles. The van der Waals surface area contributed by atoms with Gasteiger partial charge in [0.25, 0.3) is 0 Å². The summed E-state index contributed by atoms with van der Waals surface area (Å²) in [7, 11) is 0. The van der Waals surface area contributed by atoms with Crippen LogP contribution in [0.2, 0.25) is 0 Å². The Balaban J connectivity index is 1.68. The van der Waals surface area contributed by atoms with Crippen molar-refractivity contribution >= 4 is 11.9 Å². The van der Waals surface area contributed by atoms with E-state index in [0.29, 0.717) is 19.4 Å². The van der Waals surface area contributed by atoms with Crippen molar-refractivity contribution in [1.82, 2.24) is 4.90 Å². The maximum atomic E-state index is 12.5. The molecular weight excluding hydrogens is 278 g/mol. The fourth-order valence-electron chi connectivity index (χ4n) is 3.72. The lowest BCUT2D eigenvalue weighted by atomic mass is 9.66. The van der Waals surface area contributed by atoms with Gasteiger partial charge in [-0.3, -0.25) is 9.59 Å². The Kier molecular flexibility index (Phi) is 3.71. The zero-order valence-electron chi connectivity index (χ0n) is 13.0. The van der Waals surface area contributed by atoms with Crippen LogP contribution in [0.5, 0.6) is 0 Å². The maximum absolute atomic E-state index is 12.5. The standard InChI is InChI=1S/C18H23NO3/c1-17(14-6-3-2-4-7-14)10-11-19(13-17)15(20)12-18(16(21)22)8-5-9-18/h2-4,6-7H,5,8-13H2,1H3,(H,21,22). The Hall–Kier alpha value is -1.84. The third-order valence-electron chi connectivity index (χ3n) is 5.55. The highest BCUT2D eigenvalue weighted by Gasteiger charge is 2.48. The molecule has 2 fully saturated rings. The number of hydrogen-bond donors (Lipinski definition) is 1. The SMILES string of the molecule is CC1(c2ccccc2)CCN(C(=O)CC2(C(=O)O)CCC2)C1. The first kappa shape index (κ1) is 15.1. The first-order valence-electron chi connectivity index (χ1n) is 8.02. The van der Waals surface area contributed by atoms with Crippen molar-refractivity contribution in [3.63, 3.8) is 0 Å². The van der Waals surface area contributed by atoms with Gasteiger partial charge in [-0.1, -0.05) is 43.7 Å². The molecule has 1 saturated carbocycles. The summed E-state index contributed by atoms with van der Waals surface area (Å²) >= 11 is 0. The van der Waals surface area contributed by atoms with Gasteiger partial charge in [-0.15, -0.1) is 0 Å². The van der Waals surface area contributed by atoms with Gasteiger partial charge in [0.05, 0.1) is 5.41 Å². The topological polar surface area (TPSA) is 57.6 Å². The molecule has 4 heteroatoms. The molecular formula is C18H23NO3. The van der Waals surface area contributed by atoms with Crippen LogP contribution >= 0.6 is 0 Å². The van der Waals surface area contributed by atoms with Crippen LogP contribution < -0.4 is 0 Å². The lowest BCUT2D eigenvalue weighted by Gasteiger charge is -2.38. The number of rotatable bonds is 4. The molecule has 118 valence electrons. The second-order valence-electron chi connectivity index (χ2n) is 7.11. The van der Waals surface area contributed by atoms with Crippen molar-refractivity contribution in [3.05, 3.63) is 35.9 Å². The molecule has 1 atom stereocenters. The van der Waals surface area contributed by atoms with Crippen molar-refractivity contribution in [1.29, 1.82) is 0 Å². The number of carboxylic acid groups (broad SMARTS) is 1. The van der Waals surface area contributed by atoms with Gasteiger partial charge in [-0.2, -0.15) is 0 Å². The minimum atomic E-state index is -0.808. The number of amides is 1. The number of aliphatic carboxylic acids is 1. The van der Waals surface area contributed by atoms with Gasteiger partial charge in [-0.05, 0) is 24.8 Å². The van der Waals surface area contributed by atoms with Gasteiger partial charge in [0.1, 0.15) is 0 Å². The Morgan fingerprint density at radius 3 is 2.41 bits per heavy atom. The molecule has 4 nitrogen and oxygen atoms in total. The Morgan fingerprint density at radius 2 is 1.86 bits per heavy atom. The number of carbonyl (C=O) groups excluding carboxylic acids is 1. The molecule has 2 aliphatic rings. The quantitative estimate of drug-likeness (QED) is 0.930. The Morgan fingerprint density at radius 1 is 1.18 bits per heavy atom. The number of likely N-dealkylation sites (tertiary alicyclic amines) is 1. The first-order chi connectivity index (χ1) is 10.5. The summed E-state index contributed by atoms with van der Waals surface area (Å²) in [6.45, 7) is 3.59. The Bertz CT molecular complexity index is 579. The van der Waals surface area contributed by atoms with Crippen molar-refractivity contribution in [2.24, 2.45) is 5.41 Å². The predicted molar refractivity (Wildman–Crippen MR) is 83.5 cm³/mol. The van der Waals surface area contributed by atoms with E-state index >= 15 is 0 Å². The van der Waals surface area contributed by atoms with E-state index in [2.05, 4.69) is 19.1 Å². The normalized spacial score (nSPS) is 26.5. The van der Waals surface area contributed by atoms with Crippen molar-refractivity contribution in [2.75, 3.05) is 13.1 Å². The highest BCUT2D eigenvalue weighted by atomic mass is 16.4. The van der Waals surface area contributed by atoms with Crippen LogP contribution in [0.1, 0.15) is 44.6 Å². The van der Waals surface area contributed by atoms with Gasteiger partial charge in [0.15, 0.2) is 0 Å². The molecule has 1 aliphatic carbocycles. The minimum absolute atomic E-state index is 0.00163. The molecule has 3 rings (SSSR count). The van der Waals surface area contributed by atoms with Gasteiger partial charge in [-0.25, -0.2) is 0 Å². The van der Waals surface area contributed by atoms with Gasteiger partial charge < -0.3 is 10.0 Å². The van der Waals surface area contributed by atoms with E-state index in [9.17, 15) is 14.7 Å². The minimum Gasteiger partial charge on any atom is -0.481 e. The molecule has 1 aromatic carbocycles. The van der Waals surface area contributed by atoms with Crippen molar-refractivity contribution < 1.29 is 14.7 Å². The molecule has 1 unspecified atom stereocenters. The molecule has 0 spiro atoms. The molecule has 1 aliphatic heterocycles. The second kappa shape index (κ2) is 5.41. The van der Waals surface area contributed by atoms with Crippen molar-refractivity contribution in [2.45, 2.75) is 44.4 Å². The summed E-state index contributed by atoms with van der Waals surface area (Å²) in [5.74, 6) is -0.807. The largest absolute Gasteiger partial charge is 0.481 e. The first-order valence-corrected chi connectivity index (χ1v) is 8.02. The van der Waals surface area contributed by atoms with E-state index in [0.717, 1.165) is 19.4 Å². The molecule has 1 N–H and O–H groups in total. The summed E-state index contributed by atoms with van der Waals surface area (Å²) in [4.78, 5) is 25.8. The number of carbonyl (C=O) groups is 2. The van der Waals surface area contributed by atoms with Gasteiger partial charge >= 0.3 is 5.97 Å². The fraction of sp³-hybridized carbons (Fsp3) is 0.556. The van der Waals surface area contributed by atoms with E-state index in [1.807, 2.05) is 23.1 Å². The third-order valence-corrected chi connectivity index (χ3v) is 5.55. The summed E-state index contributed by atoms with van der Waals surface area (Å²) in [5, 5.41) is 9.39. The zero-order chi connectivity index (χ0) is 15.8. The summed E-state index contributed by atoms with van der Waals surface area (Å²) < 4.78 is 0. The van der Waals surface area contributed by atoms with E-state index in [1.54, 1.807) is 0 Å². The third kappa shape index (κ3) is 2.51. The van der Waals surface area contributed by atoms with Gasteiger partial charge in [0.2, 0.25) is 5.91 Å². The smallest absolute Gasteiger partial charge is 0.310 e. The summed E-state index contributed by atoms with van der Waals surface area (Å²) in [6, 6.07) is 10.3. The number of nitrogens with zero attached hydrogens (tertiary/aromatic N) is 1. The van der Waals surface area contributed by atoms with E-state index < -0.39 is 11.4 Å². The number of hydrogen-bond acceptors (Lipinski definition) is 2. The molecule has 1 saturated heterocycles. The molecule has 1 amide bonds. The van der Waals surface area contributed by atoms with Crippen LogP contribution in [0.4, 0.5) is 0 Å². The lowest BCUT2D eigenvalue weighted by molar-refractivity contribution is -0.159. The Labute approximate surface area is 131 Å². The van der Waals surface area contributed by atoms with Crippen LogP contribution in [0, 0.1) is 5.41 Å². The number of benzene rings is 1. The predicted octanol–water partition coefficient (Wildman–Crippen LogP) is 2.82. The highest BCUT2D eigenvalue weighted by Crippen LogP contribution is 2.45. The van der Waals surface area contributed by atoms with Crippen LogP contribution in [0.3, 0.4) is 0 Å². The van der Waals surface area contributed by atoms with E-state index in [4.69, 9.17) is 0 Å². The average molecular weight is 301 g/mol. The van der Waals surface area contributed by atoms with Gasteiger partial charge in [0, 0.05) is 24.9 Å². The number of carboxylic acids is 1. The van der Waals surface area contributed by atoms with Crippen LogP contribution in [0.25, 0.3) is 0 Å². The highest BCUT2D eigenvalue weighted by molar-refractivity contribution is 5.86. The molecule has 0 radical (unpaired) electrons. The molecule has 22 heavy (non-hydrogen) atoms. The second-order valence-corrected chi connectivity index (χ2v) is 7.11. The van der Waals surface area contributed by atoms with Crippen LogP contribution in [-0.2, 0) is 15.0 Å². The molecule has 0 bridgehead atoms. The maximum Gasteiger partial charge on any atom is 0.310 e. The lowest BCUT2D eigenvalue weighted by Crippen LogP contribution is -2.43. The monoisotopic (exact) mass is 301 g/mol. The van der Waals surface area contributed by atoms with Crippen molar-refractivity contribution in [3.8, 4) is 0 Å². The van der Waals surface area contributed by atoms with E-state index in [1.165, 1.54) is 5.56 Å². The average Bonchev–Trinajstić information content (AvgIpc) is 2.87. The molecule has 1 heterocycles. The fourth-order valence-corrected chi connectivity index (χ4v) is 3.72. The summed E-state index contributed by atoms with van der Waals surface area (Å²) in [6.07, 6.45) is 3.28. The van der Waals surface area contributed by atoms with E-state index in [-0.39, 0.29) is 17.7 Å². The summed E-state index contributed by atoms with van der Waals surface area (Å²) in [5.41, 5.74) is 0.442.